The van der Waals surface area contributed by atoms with Gasteiger partial charge in [0, 0.05) is 15.5 Å². The van der Waals surface area contributed by atoms with Crippen molar-refractivity contribution in [2.75, 3.05) is 5.75 Å². The van der Waals surface area contributed by atoms with Gasteiger partial charge in [-0.15, -0.1) is 11.3 Å². The maximum absolute atomic E-state index is 3.88. The molecule has 1 atom stereocenters. The maximum atomic E-state index is 3.88. The van der Waals surface area contributed by atoms with E-state index in [1.807, 2.05) is 11.3 Å². The number of thiophene rings is 1. The number of hydrogen-bond acceptors (Lipinski definition) is 2. The van der Waals surface area contributed by atoms with E-state index in [0.29, 0.717) is 4.83 Å². The molecule has 1 aromatic heterocycles. The molecule has 0 N–H and O–H groups in total. The largest absolute Gasteiger partial charge is 0.157 e. The fourth-order valence-electron chi connectivity index (χ4n) is 2.38. The third-order valence-corrected chi connectivity index (χ3v) is 7.36. The summed E-state index contributed by atoms with van der Waals surface area (Å²) in [5.74, 6) is 2.47. The average molecular weight is 353 g/mol. The van der Waals surface area contributed by atoms with E-state index in [0.717, 1.165) is 0 Å². The van der Waals surface area contributed by atoms with E-state index in [1.54, 1.807) is 10.4 Å². The molecule has 0 nitrogen and oxygen atoms in total. The fourth-order valence-corrected chi connectivity index (χ4v) is 5.46. The summed E-state index contributed by atoms with van der Waals surface area (Å²) in [4.78, 5) is 3.39. The maximum Gasteiger partial charge on any atom is 0.0738 e. The Balaban J connectivity index is 1.92. The van der Waals surface area contributed by atoms with Crippen LogP contribution in [0.1, 0.15) is 36.8 Å². The number of hydrogen-bond donors (Lipinski definition) is 0. The first kappa shape index (κ1) is 13.7. The van der Waals surface area contributed by atoms with Crippen molar-refractivity contribution in [1.29, 1.82) is 0 Å². The second kappa shape index (κ2) is 5.63. The van der Waals surface area contributed by atoms with Crippen molar-refractivity contribution >= 4 is 39.0 Å². The zero-order valence-electron chi connectivity index (χ0n) is 11.2. The number of rotatable bonds is 2. The van der Waals surface area contributed by atoms with E-state index >= 15 is 0 Å². The van der Waals surface area contributed by atoms with E-state index < -0.39 is 0 Å². The lowest BCUT2D eigenvalue weighted by molar-refractivity contribution is 1.13. The predicted molar refractivity (Wildman–Crippen MR) is 90.9 cm³/mol. The molecule has 3 heteroatoms. The molecule has 1 unspecified atom stereocenters. The van der Waals surface area contributed by atoms with Gasteiger partial charge in [0.1, 0.15) is 0 Å². The molecule has 0 bridgehead atoms. The number of aryl methyl sites for hydroxylation is 3. The van der Waals surface area contributed by atoms with Gasteiger partial charge in [0.15, 0.2) is 0 Å². The fraction of sp³-hybridized carbons (Fsp3) is 0.375. The third-order valence-electron chi connectivity index (χ3n) is 3.72. The minimum absolute atomic E-state index is 0.340. The Bertz CT molecular complexity index is 577. The van der Waals surface area contributed by atoms with Gasteiger partial charge in [-0.1, -0.05) is 34.1 Å². The van der Waals surface area contributed by atoms with Crippen molar-refractivity contribution in [1.82, 2.24) is 0 Å². The van der Waals surface area contributed by atoms with Crippen molar-refractivity contribution in [2.45, 2.75) is 30.8 Å². The van der Waals surface area contributed by atoms with Crippen LogP contribution in [0.15, 0.2) is 24.3 Å². The number of alkyl halides is 1. The van der Waals surface area contributed by atoms with Crippen LogP contribution >= 0.6 is 39.0 Å². The first-order chi connectivity index (χ1) is 9.15. The van der Waals surface area contributed by atoms with Gasteiger partial charge in [-0.25, -0.2) is 0 Å². The molecule has 0 amide bonds. The van der Waals surface area contributed by atoms with Crippen molar-refractivity contribution in [3.8, 4) is 0 Å². The molecule has 0 saturated heterocycles. The molecule has 19 heavy (non-hydrogen) atoms. The Morgan fingerprint density at radius 2 is 2.00 bits per heavy atom. The van der Waals surface area contributed by atoms with Crippen LogP contribution in [0.5, 0.6) is 0 Å². The number of fused-ring (bicyclic) bond motifs is 1. The van der Waals surface area contributed by atoms with E-state index in [9.17, 15) is 0 Å². The molecule has 3 rings (SSSR count). The third kappa shape index (κ3) is 2.79. The van der Waals surface area contributed by atoms with Gasteiger partial charge in [0.2, 0.25) is 0 Å². The Hall–Kier alpha value is -0.250. The van der Waals surface area contributed by atoms with Crippen molar-refractivity contribution in [2.24, 2.45) is 0 Å². The SMILES string of the molecule is Cc1ccc(C(Br)c2cc3c(s2)CCSC3)cc1C. The summed E-state index contributed by atoms with van der Waals surface area (Å²) in [7, 11) is 0. The van der Waals surface area contributed by atoms with Crippen molar-refractivity contribution in [3.05, 3.63) is 56.3 Å². The van der Waals surface area contributed by atoms with Crippen LogP contribution in [-0.2, 0) is 12.2 Å². The van der Waals surface area contributed by atoms with Crippen LogP contribution in [0.25, 0.3) is 0 Å². The summed E-state index contributed by atoms with van der Waals surface area (Å²) in [5.41, 5.74) is 5.67. The second-order valence-electron chi connectivity index (χ2n) is 5.11. The van der Waals surface area contributed by atoms with Gasteiger partial charge in [0.05, 0.1) is 4.83 Å². The Kier molecular flexibility index (Phi) is 4.06. The lowest BCUT2D eigenvalue weighted by atomic mass is 10.0. The summed E-state index contributed by atoms with van der Waals surface area (Å²) in [6.07, 6.45) is 1.25. The zero-order valence-corrected chi connectivity index (χ0v) is 14.4. The van der Waals surface area contributed by atoms with Gasteiger partial charge in [-0.05, 0) is 54.3 Å². The monoisotopic (exact) mass is 352 g/mol. The van der Waals surface area contributed by atoms with Crippen molar-refractivity contribution in [3.63, 3.8) is 0 Å². The minimum atomic E-state index is 0.340. The molecular formula is C16H17BrS2. The van der Waals surface area contributed by atoms with Crippen LogP contribution in [0.4, 0.5) is 0 Å². The molecule has 1 aromatic carbocycles. The lowest BCUT2D eigenvalue weighted by Gasteiger charge is -2.10. The highest BCUT2D eigenvalue weighted by Crippen LogP contribution is 2.40. The summed E-state index contributed by atoms with van der Waals surface area (Å²) in [6.45, 7) is 4.36. The van der Waals surface area contributed by atoms with Gasteiger partial charge >= 0.3 is 0 Å². The van der Waals surface area contributed by atoms with Crippen LogP contribution < -0.4 is 0 Å². The highest BCUT2D eigenvalue weighted by Gasteiger charge is 2.19. The molecule has 0 fully saturated rings. The van der Waals surface area contributed by atoms with Crippen LogP contribution in [0.2, 0.25) is 0 Å². The number of benzene rings is 1. The molecule has 2 heterocycles. The normalized spacial score (nSPS) is 16.2. The molecule has 2 aromatic rings. The van der Waals surface area contributed by atoms with Crippen LogP contribution in [0, 0.1) is 13.8 Å². The first-order valence-electron chi connectivity index (χ1n) is 6.55. The van der Waals surface area contributed by atoms with E-state index in [-0.39, 0.29) is 0 Å². The number of halogens is 1. The molecule has 0 aliphatic carbocycles. The zero-order chi connectivity index (χ0) is 13.4. The molecule has 100 valence electrons. The molecule has 1 aliphatic heterocycles. The van der Waals surface area contributed by atoms with E-state index in [2.05, 4.69) is 65.8 Å². The van der Waals surface area contributed by atoms with Crippen LogP contribution in [-0.4, -0.2) is 5.75 Å². The first-order valence-corrected chi connectivity index (χ1v) is 9.44. The Morgan fingerprint density at radius 3 is 2.74 bits per heavy atom. The quantitative estimate of drug-likeness (QED) is 0.630. The molecular weight excluding hydrogens is 336 g/mol. The second-order valence-corrected chi connectivity index (χ2v) is 8.30. The molecule has 0 saturated carbocycles. The minimum Gasteiger partial charge on any atom is -0.157 e. The van der Waals surface area contributed by atoms with Gasteiger partial charge < -0.3 is 0 Å². The summed E-state index contributed by atoms with van der Waals surface area (Å²) >= 11 is 7.93. The summed E-state index contributed by atoms with van der Waals surface area (Å²) < 4.78 is 0. The van der Waals surface area contributed by atoms with E-state index in [1.165, 1.54) is 39.5 Å². The molecule has 0 spiro atoms. The highest BCUT2D eigenvalue weighted by atomic mass is 79.9. The smallest absolute Gasteiger partial charge is 0.0738 e. The van der Waals surface area contributed by atoms with Crippen LogP contribution in [0.3, 0.4) is 0 Å². The van der Waals surface area contributed by atoms with Gasteiger partial charge in [-0.2, -0.15) is 11.8 Å². The molecule has 0 radical (unpaired) electrons. The topological polar surface area (TPSA) is 0 Å². The average Bonchev–Trinajstić information content (AvgIpc) is 2.85. The lowest BCUT2D eigenvalue weighted by Crippen LogP contribution is -1.96. The van der Waals surface area contributed by atoms with E-state index in [4.69, 9.17) is 0 Å². The van der Waals surface area contributed by atoms with Crippen molar-refractivity contribution < 1.29 is 0 Å². The summed E-state index contributed by atoms with van der Waals surface area (Å²) in [6, 6.07) is 9.18. The standard InChI is InChI=1S/C16H17BrS2/c1-10-3-4-12(7-11(10)2)16(17)15-8-13-9-18-6-5-14(13)19-15/h3-4,7-8,16H,5-6,9H2,1-2H3. The number of thioether (sulfide) groups is 1. The van der Waals surface area contributed by atoms with Gasteiger partial charge in [-0.3, -0.25) is 0 Å². The predicted octanol–water partition coefficient (Wildman–Crippen LogP) is 5.64. The van der Waals surface area contributed by atoms with Gasteiger partial charge in [0.25, 0.3) is 0 Å². The Labute approximate surface area is 131 Å². The Morgan fingerprint density at radius 1 is 1.16 bits per heavy atom. The molecule has 1 aliphatic rings. The highest BCUT2D eigenvalue weighted by molar-refractivity contribution is 9.09. The summed E-state index contributed by atoms with van der Waals surface area (Å²) in [5, 5.41) is 0.